The number of hydrogen-bond acceptors (Lipinski definition) is 4. The molecule has 0 amide bonds. The Morgan fingerprint density at radius 2 is 2.13 bits per heavy atom. The zero-order valence-corrected chi connectivity index (χ0v) is 8.16. The van der Waals surface area contributed by atoms with Gasteiger partial charge in [0.05, 0.1) is 12.7 Å². The van der Waals surface area contributed by atoms with E-state index >= 15 is 0 Å². The number of ether oxygens (including phenoxy) is 2. The minimum atomic E-state index is -2.97. The van der Waals surface area contributed by atoms with E-state index in [9.17, 15) is 13.6 Å². The second-order valence-electron chi connectivity index (χ2n) is 2.71. The molecule has 0 aliphatic carbocycles. The topological polar surface area (TPSA) is 48.4 Å². The highest BCUT2D eigenvalue weighted by Crippen LogP contribution is 2.15. The van der Waals surface area contributed by atoms with Gasteiger partial charge in [-0.1, -0.05) is 0 Å². The Bertz CT molecular complexity index is 368. The molecule has 15 heavy (non-hydrogen) atoms. The number of hydrogen-bond donors (Lipinski definition) is 0. The van der Waals surface area contributed by atoms with E-state index in [1.807, 2.05) is 0 Å². The van der Waals surface area contributed by atoms with Crippen LogP contribution in [0.5, 0.6) is 5.88 Å². The molecule has 0 N–H and O–H groups in total. The van der Waals surface area contributed by atoms with Crippen molar-refractivity contribution < 1.29 is 23.0 Å². The van der Waals surface area contributed by atoms with Crippen LogP contribution in [-0.2, 0) is 4.74 Å². The number of rotatable bonds is 3. The molecule has 0 aliphatic rings. The molecule has 0 spiro atoms. The summed E-state index contributed by atoms with van der Waals surface area (Å²) in [6, 6.07) is 2.52. The Hall–Kier alpha value is -1.72. The van der Waals surface area contributed by atoms with Crippen molar-refractivity contribution in [3.05, 3.63) is 23.4 Å². The van der Waals surface area contributed by atoms with Gasteiger partial charge in [0, 0.05) is 11.8 Å². The Labute approximate surface area is 84.8 Å². The van der Waals surface area contributed by atoms with E-state index in [1.165, 1.54) is 13.2 Å². The molecule has 0 saturated heterocycles. The number of carbonyl (C=O) groups excluding carboxylic acids is 1. The third-order valence-electron chi connectivity index (χ3n) is 1.56. The first kappa shape index (κ1) is 11.4. The third-order valence-corrected chi connectivity index (χ3v) is 1.56. The monoisotopic (exact) mass is 217 g/mol. The summed E-state index contributed by atoms with van der Waals surface area (Å²) in [6.45, 7) is -1.41. The fourth-order valence-electron chi connectivity index (χ4n) is 1.03. The lowest BCUT2D eigenvalue weighted by atomic mass is 10.2. The summed E-state index contributed by atoms with van der Waals surface area (Å²) in [5.41, 5.74) is 0.522. The average molecular weight is 217 g/mol. The van der Waals surface area contributed by atoms with Crippen molar-refractivity contribution in [2.75, 3.05) is 7.11 Å². The largest absolute Gasteiger partial charge is 0.465 e. The molecule has 0 saturated carbocycles. The fraction of sp³-hybridized carbons (Fsp3) is 0.333. The van der Waals surface area contributed by atoms with Crippen molar-refractivity contribution in [2.45, 2.75) is 13.5 Å². The maximum atomic E-state index is 11.9. The number of carbonyl (C=O) groups is 1. The summed E-state index contributed by atoms with van der Waals surface area (Å²) in [5.74, 6) is -0.926. The summed E-state index contributed by atoms with van der Waals surface area (Å²) in [4.78, 5) is 14.8. The van der Waals surface area contributed by atoms with Crippen molar-refractivity contribution in [3.8, 4) is 5.88 Å². The lowest BCUT2D eigenvalue weighted by molar-refractivity contribution is -0.0530. The zero-order chi connectivity index (χ0) is 11.4. The van der Waals surface area contributed by atoms with Crippen molar-refractivity contribution in [2.24, 2.45) is 0 Å². The van der Waals surface area contributed by atoms with Gasteiger partial charge >= 0.3 is 12.6 Å². The first-order valence-electron chi connectivity index (χ1n) is 4.04. The first-order chi connectivity index (χ1) is 7.02. The third kappa shape index (κ3) is 3.16. The maximum Gasteiger partial charge on any atom is 0.388 e. The van der Waals surface area contributed by atoms with Crippen LogP contribution in [-0.4, -0.2) is 24.7 Å². The van der Waals surface area contributed by atoms with E-state index in [2.05, 4.69) is 14.5 Å². The Balaban J connectivity index is 2.99. The zero-order valence-electron chi connectivity index (χ0n) is 8.16. The number of esters is 1. The average Bonchev–Trinajstić information content (AvgIpc) is 2.14. The molecule has 1 aromatic rings. The highest BCUT2D eigenvalue weighted by Gasteiger charge is 2.11. The van der Waals surface area contributed by atoms with Gasteiger partial charge in [-0.05, 0) is 13.0 Å². The van der Waals surface area contributed by atoms with Gasteiger partial charge in [-0.25, -0.2) is 9.78 Å². The number of aryl methyl sites for hydroxylation is 1. The minimum Gasteiger partial charge on any atom is -0.465 e. The van der Waals surface area contributed by atoms with Crippen LogP contribution in [0.4, 0.5) is 8.78 Å². The quantitative estimate of drug-likeness (QED) is 0.724. The van der Waals surface area contributed by atoms with Crippen LogP contribution in [0.2, 0.25) is 0 Å². The Morgan fingerprint density at radius 3 is 2.67 bits per heavy atom. The highest BCUT2D eigenvalue weighted by molar-refractivity contribution is 5.89. The fourth-order valence-corrected chi connectivity index (χ4v) is 1.03. The van der Waals surface area contributed by atoms with Crippen LogP contribution in [0.3, 0.4) is 0 Å². The molecule has 4 nitrogen and oxygen atoms in total. The van der Waals surface area contributed by atoms with Gasteiger partial charge < -0.3 is 9.47 Å². The molecule has 6 heteroatoms. The highest BCUT2D eigenvalue weighted by atomic mass is 19.3. The molecule has 0 atom stereocenters. The van der Waals surface area contributed by atoms with E-state index in [0.29, 0.717) is 5.69 Å². The van der Waals surface area contributed by atoms with Gasteiger partial charge in [0.25, 0.3) is 0 Å². The smallest absolute Gasteiger partial charge is 0.388 e. The SMILES string of the molecule is COC(=O)c1cc(C)nc(OC(F)F)c1. The number of alkyl halides is 2. The summed E-state index contributed by atoms with van der Waals surface area (Å²) in [5, 5.41) is 0. The molecular formula is C9H9F2NO3. The molecule has 0 aliphatic heterocycles. The van der Waals surface area contributed by atoms with Crippen molar-refractivity contribution >= 4 is 5.97 Å². The molecule has 0 unspecified atom stereocenters. The van der Waals surface area contributed by atoms with Crippen molar-refractivity contribution in [1.82, 2.24) is 4.98 Å². The summed E-state index contributed by atoms with van der Waals surface area (Å²) in [7, 11) is 1.20. The molecule has 0 aromatic carbocycles. The van der Waals surface area contributed by atoms with Gasteiger partial charge in [-0.2, -0.15) is 8.78 Å². The number of halogens is 2. The molecular weight excluding hydrogens is 208 g/mol. The predicted octanol–water partition coefficient (Wildman–Crippen LogP) is 1.78. The standard InChI is InChI=1S/C9H9F2NO3/c1-5-3-6(8(13)14-2)4-7(12-5)15-9(10)11/h3-4,9H,1-2H3. The van der Waals surface area contributed by atoms with Gasteiger partial charge in [-0.3, -0.25) is 0 Å². The second-order valence-corrected chi connectivity index (χ2v) is 2.71. The van der Waals surface area contributed by atoms with Crippen LogP contribution < -0.4 is 4.74 Å². The predicted molar refractivity (Wildman–Crippen MR) is 46.9 cm³/mol. The van der Waals surface area contributed by atoms with E-state index in [0.717, 1.165) is 6.07 Å². The minimum absolute atomic E-state index is 0.126. The molecule has 1 rings (SSSR count). The normalized spacial score (nSPS) is 10.2. The summed E-state index contributed by atoms with van der Waals surface area (Å²) in [6.07, 6.45) is 0. The lowest BCUT2D eigenvalue weighted by Gasteiger charge is -2.06. The molecule has 1 aromatic heterocycles. The van der Waals surface area contributed by atoms with Crippen LogP contribution in [0.15, 0.2) is 12.1 Å². The number of methoxy groups -OCH3 is 1. The molecule has 0 bridgehead atoms. The van der Waals surface area contributed by atoms with Crippen LogP contribution in [0.1, 0.15) is 16.1 Å². The number of pyridine rings is 1. The van der Waals surface area contributed by atoms with E-state index in [4.69, 9.17) is 0 Å². The van der Waals surface area contributed by atoms with Crippen molar-refractivity contribution in [3.63, 3.8) is 0 Å². The van der Waals surface area contributed by atoms with E-state index < -0.39 is 12.6 Å². The van der Waals surface area contributed by atoms with Gasteiger partial charge in [-0.15, -0.1) is 0 Å². The van der Waals surface area contributed by atoms with E-state index in [1.54, 1.807) is 6.92 Å². The van der Waals surface area contributed by atoms with Gasteiger partial charge in [0.2, 0.25) is 5.88 Å². The summed E-state index contributed by atoms with van der Waals surface area (Å²) < 4.78 is 32.3. The lowest BCUT2D eigenvalue weighted by Crippen LogP contribution is -2.07. The van der Waals surface area contributed by atoms with Crippen molar-refractivity contribution in [1.29, 1.82) is 0 Å². The second kappa shape index (κ2) is 4.68. The molecule has 1 heterocycles. The first-order valence-corrected chi connectivity index (χ1v) is 4.04. The number of nitrogens with zero attached hydrogens (tertiary/aromatic N) is 1. The number of aromatic nitrogens is 1. The van der Waals surface area contributed by atoms with Crippen LogP contribution in [0, 0.1) is 6.92 Å². The van der Waals surface area contributed by atoms with E-state index in [-0.39, 0.29) is 11.4 Å². The molecule has 0 radical (unpaired) electrons. The van der Waals surface area contributed by atoms with Crippen LogP contribution >= 0.6 is 0 Å². The molecule has 82 valence electrons. The summed E-state index contributed by atoms with van der Waals surface area (Å²) >= 11 is 0. The maximum absolute atomic E-state index is 11.9. The van der Waals surface area contributed by atoms with Crippen LogP contribution in [0.25, 0.3) is 0 Å². The Kier molecular flexibility index (Phi) is 3.54. The van der Waals surface area contributed by atoms with Gasteiger partial charge in [0.1, 0.15) is 0 Å². The van der Waals surface area contributed by atoms with Gasteiger partial charge in [0.15, 0.2) is 0 Å². The Morgan fingerprint density at radius 1 is 1.47 bits per heavy atom. The molecule has 0 fully saturated rings.